The first kappa shape index (κ1) is 31.8. The second-order valence-electron chi connectivity index (χ2n) is 11.5. The third-order valence-corrected chi connectivity index (χ3v) is 10.1. The Balaban J connectivity index is 1.06. The van der Waals surface area contributed by atoms with E-state index in [-0.39, 0.29) is 17.4 Å². The fourth-order valence-electron chi connectivity index (χ4n) is 6.15. The van der Waals surface area contributed by atoms with Crippen molar-refractivity contribution < 1.29 is 22.0 Å². The predicted octanol–water partition coefficient (Wildman–Crippen LogP) is 2.78. The van der Waals surface area contributed by atoms with Gasteiger partial charge in [0, 0.05) is 73.8 Å². The number of hydrogen-bond acceptors (Lipinski definition) is 8. The van der Waals surface area contributed by atoms with Gasteiger partial charge in [0.2, 0.25) is 5.95 Å². The number of likely N-dealkylation sites (tertiary alicyclic amines) is 1. The molecular weight excluding hydrogens is 590 g/mol. The minimum absolute atomic E-state index is 0.0893. The van der Waals surface area contributed by atoms with Gasteiger partial charge in [0.05, 0.1) is 11.4 Å². The summed E-state index contributed by atoms with van der Waals surface area (Å²) in [5, 5.41) is 2.03. The van der Waals surface area contributed by atoms with E-state index in [1.807, 2.05) is 0 Å². The predicted molar refractivity (Wildman–Crippen MR) is 165 cm³/mol. The highest BCUT2D eigenvalue weighted by molar-refractivity contribution is 7.87. The summed E-state index contributed by atoms with van der Waals surface area (Å²) in [7, 11) is -3.63. The molecule has 0 spiro atoms. The number of nitrogens with zero attached hydrogens (tertiary/aromatic N) is 4. The zero-order valence-electron chi connectivity index (χ0n) is 24.7. The van der Waals surface area contributed by atoms with E-state index in [1.165, 1.54) is 34.4 Å². The van der Waals surface area contributed by atoms with E-state index >= 15 is 0 Å². The molecule has 0 unspecified atom stereocenters. The number of fused-ring (bicyclic) bond motifs is 1. The van der Waals surface area contributed by atoms with Gasteiger partial charge in [0.1, 0.15) is 5.82 Å². The van der Waals surface area contributed by atoms with Gasteiger partial charge in [0.15, 0.2) is 5.78 Å². The molecule has 0 aliphatic carbocycles. The quantitative estimate of drug-likeness (QED) is 0.0982. The van der Waals surface area contributed by atoms with Crippen LogP contribution in [-0.2, 0) is 10.2 Å². The van der Waals surface area contributed by atoms with Crippen LogP contribution < -0.4 is 16.3 Å². The molecule has 1 aromatic heterocycles. The molecule has 44 heavy (non-hydrogen) atoms. The first-order chi connectivity index (χ1) is 21.0. The molecule has 6 N–H and O–H groups in total. The maximum absolute atomic E-state index is 14.0. The number of nitrogens with two attached hydrogens (primary N) is 2. The molecular formula is C30H38F2N8O3S. The molecule has 3 aliphatic rings. The monoisotopic (exact) mass is 628 g/mol. The summed E-state index contributed by atoms with van der Waals surface area (Å²) in [4.78, 5) is 21.0. The van der Waals surface area contributed by atoms with Crippen LogP contribution in [0.3, 0.4) is 0 Å². The summed E-state index contributed by atoms with van der Waals surface area (Å²) >= 11 is 0. The number of carbonyl (C=O) groups is 1. The lowest BCUT2D eigenvalue weighted by atomic mass is 9.90. The van der Waals surface area contributed by atoms with Gasteiger partial charge in [-0.05, 0) is 80.6 Å². The molecule has 2 aromatic rings. The SMILES string of the molecule is CC(=O)c1[nH]c2ccc(F)cc2c1/C(N)=C/N(N)CC1CCN(CCNS(=O)(=O)N2CCC(C3=C(F)N=C=C=C3)CC2)CC1. The minimum atomic E-state index is -3.63. The summed E-state index contributed by atoms with van der Waals surface area (Å²) in [6, 6.07) is 4.23. The van der Waals surface area contributed by atoms with Crippen LogP contribution in [0.4, 0.5) is 8.78 Å². The number of H-pyrrole nitrogens is 1. The molecule has 14 heteroatoms. The second kappa shape index (κ2) is 13.6. The average molecular weight is 629 g/mol. The molecule has 0 saturated carbocycles. The Morgan fingerprint density at radius 2 is 1.93 bits per heavy atom. The van der Waals surface area contributed by atoms with Crippen molar-refractivity contribution in [3.05, 3.63) is 64.8 Å². The van der Waals surface area contributed by atoms with Gasteiger partial charge in [-0.15, -0.1) is 0 Å². The molecule has 236 valence electrons. The Hall–Kier alpha value is -3.61. The van der Waals surface area contributed by atoms with E-state index < -0.39 is 22.0 Å². The number of carbonyl (C=O) groups excluding carboxylic acids is 1. The lowest BCUT2D eigenvalue weighted by Crippen LogP contribution is -2.47. The Kier molecular flexibility index (Phi) is 9.81. The van der Waals surface area contributed by atoms with E-state index in [0.29, 0.717) is 79.2 Å². The maximum atomic E-state index is 14.0. The Labute approximate surface area is 255 Å². The van der Waals surface area contributed by atoms with Crippen LogP contribution in [-0.4, -0.2) is 85.1 Å². The number of Topliss-reactive ketones (excluding diaryl/α,β-unsaturated/α-hetero) is 1. The standard InChI is InChI=1S/C30H38F2N8O3S/c1-20(41)29-28(25-17-23(31)4-5-27(25)37-29)26(33)19-39(34)18-21-6-12-38(13-7-21)16-11-36-44(42,43)40-14-8-22(9-15-40)24-3-2-10-35-30(24)32/h3-5,17,19,21-22,36-37H,6-9,11-16,18,33-34H2,1H3/b26-19-. The molecule has 1 aromatic carbocycles. The fraction of sp³-hybridized carbons (Fsp3) is 0.467. The molecule has 5 rings (SSSR count). The van der Waals surface area contributed by atoms with Gasteiger partial charge in [-0.25, -0.2) is 15.0 Å². The third kappa shape index (κ3) is 7.36. The second-order valence-corrected chi connectivity index (χ2v) is 13.3. The number of aromatic nitrogens is 1. The first-order valence-electron chi connectivity index (χ1n) is 14.7. The Bertz CT molecular complexity index is 1670. The molecule has 2 fully saturated rings. The molecule has 0 bridgehead atoms. The number of ketones is 1. The number of hydrazine groups is 1. The molecule has 0 amide bonds. The number of piperidine rings is 2. The maximum Gasteiger partial charge on any atom is 0.279 e. The highest BCUT2D eigenvalue weighted by atomic mass is 32.2. The Morgan fingerprint density at radius 3 is 2.61 bits per heavy atom. The zero-order valence-corrected chi connectivity index (χ0v) is 25.5. The molecule has 0 radical (unpaired) electrons. The van der Waals surface area contributed by atoms with Crippen LogP contribution in [0.5, 0.6) is 0 Å². The number of nitrogens with one attached hydrogen (secondary N) is 2. The van der Waals surface area contributed by atoms with Gasteiger partial charge in [-0.1, -0.05) is 0 Å². The molecule has 11 nitrogen and oxygen atoms in total. The normalized spacial score (nSPS) is 19.4. The highest BCUT2D eigenvalue weighted by Crippen LogP contribution is 2.31. The summed E-state index contributed by atoms with van der Waals surface area (Å²) < 4.78 is 57.8. The first-order valence-corrected chi connectivity index (χ1v) is 16.2. The van der Waals surface area contributed by atoms with Crippen molar-refractivity contribution in [2.75, 3.05) is 45.8 Å². The average Bonchev–Trinajstić information content (AvgIpc) is 3.37. The van der Waals surface area contributed by atoms with Crippen molar-refractivity contribution in [3.8, 4) is 0 Å². The Morgan fingerprint density at radius 1 is 1.20 bits per heavy atom. The highest BCUT2D eigenvalue weighted by Gasteiger charge is 2.30. The van der Waals surface area contributed by atoms with E-state index in [9.17, 15) is 22.0 Å². The van der Waals surface area contributed by atoms with E-state index in [0.717, 1.165) is 25.9 Å². The molecule has 0 atom stereocenters. The number of aromatic amines is 1. The minimum Gasteiger partial charge on any atom is -0.397 e. The molecule has 3 aliphatic heterocycles. The summed E-state index contributed by atoms with van der Waals surface area (Å²) in [5.74, 6) is 7.63. The van der Waals surface area contributed by atoms with Crippen molar-refractivity contribution in [2.45, 2.75) is 32.6 Å². The summed E-state index contributed by atoms with van der Waals surface area (Å²) in [6.07, 6.45) is 5.89. The van der Waals surface area contributed by atoms with Gasteiger partial charge in [0.25, 0.3) is 10.2 Å². The van der Waals surface area contributed by atoms with Gasteiger partial charge in [-0.2, -0.15) is 22.1 Å². The summed E-state index contributed by atoms with van der Waals surface area (Å²) in [5.41, 5.74) is 11.1. The van der Waals surface area contributed by atoms with Crippen LogP contribution in [0.1, 0.15) is 48.7 Å². The van der Waals surface area contributed by atoms with Gasteiger partial charge >= 0.3 is 0 Å². The zero-order chi connectivity index (χ0) is 31.4. The van der Waals surface area contributed by atoms with E-state index in [4.69, 9.17) is 11.6 Å². The number of aliphatic imine (C=N–C) groups is 1. The van der Waals surface area contributed by atoms with Crippen molar-refractivity contribution in [1.29, 1.82) is 0 Å². The van der Waals surface area contributed by atoms with Crippen molar-refractivity contribution in [2.24, 2.45) is 28.4 Å². The number of allylic oxidation sites excluding steroid dienone is 2. The smallest absolute Gasteiger partial charge is 0.279 e. The molecule has 2 saturated heterocycles. The van der Waals surface area contributed by atoms with Gasteiger partial charge in [-0.3, -0.25) is 4.79 Å². The summed E-state index contributed by atoms with van der Waals surface area (Å²) in [6.45, 7) is 5.06. The van der Waals surface area contributed by atoms with Crippen molar-refractivity contribution in [3.63, 3.8) is 0 Å². The van der Waals surface area contributed by atoms with Crippen LogP contribution in [0.15, 0.2) is 52.7 Å². The number of rotatable bonds is 11. The number of benzene rings is 1. The largest absolute Gasteiger partial charge is 0.397 e. The lowest BCUT2D eigenvalue weighted by Gasteiger charge is -2.34. The fourth-order valence-corrected chi connectivity index (χ4v) is 7.37. The van der Waals surface area contributed by atoms with Crippen LogP contribution in [0, 0.1) is 17.7 Å². The number of hydrogen-bond donors (Lipinski definition) is 4. The lowest BCUT2D eigenvalue weighted by molar-refractivity contribution is 0.101. The van der Waals surface area contributed by atoms with Crippen LogP contribution in [0.25, 0.3) is 16.6 Å². The van der Waals surface area contributed by atoms with Crippen molar-refractivity contribution in [1.82, 2.24) is 23.9 Å². The van der Waals surface area contributed by atoms with E-state index in [2.05, 4.69) is 31.2 Å². The van der Waals surface area contributed by atoms with Crippen molar-refractivity contribution >= 4 is 38.5 Å². The third-order valence-electron chi connectivity index (χ3n) is 8.51. The van der Waals surface area contributed by atoms with Crippen LogP contribution in [0.2, 0.25) is 0 Å². The van der Waals surface area contributed by atoms with E-state index in [1.54, 1.807) is 12.3 Å². The molecule has 4 heterocycles. The topological polar surface area (TPSA) is 153 Å². The van der Waals surface area contributed by atoms with Gasteiger partial charge < -0.3 is 20.6 Å². The number of halogens is 2. The van der Waals surface area contributed by atoms with Crippen LogP contribution >= 0.6 is 0 Å².